The molecule has 0 spiro atoms. The predicted octanol–water partition coefficient (Wildman–Crippen LogP) is 4.53. The number of nitrogens with one attached hydrogen (secondary N) is 1. The number of nitrogens with zero attached hydrogens (tertiary/aromatic N) is 1. The molecule has 1 N–H and O–H groups in total. The maximum absolute atomic E-state index is 12.5. The highest BCUT2D eigenvalue weighted by molar-refractivity contribution is 6.35. The van der Waals surface area contributed by atoms with Crippen molar-refractivity contribution in [3.63, 3.8) is 0 Å². The van der Waals surface area contributed by atoms with Crippen molar-refractivity contribution in [1.82, 2.24) is 10.2 Å². The van der Waals surface area contributed by atoms with Crippen LogP contribution in [0.5, 0.6) is 5.75 Å². The van der Waals surface area contributed by atoms with Crippen LogP contribution in [-0.2, 0) is 17.9 Å². The van der Waals surface area contributed by atoms with Gasteiger partial charge in [0.25, 0.3) is 0 Å². The van der Waals surface area contributed by atoms with Crippen molar-refractivity contribution >= 4 is 29.1 Å². The number of piperidine rings is 1. The minimum absolute atomic E-state index is 0.0395. The van der Waals surface area contributed by atoms with Crippen molar-refractivity contribution in [3.8, 4) is 5.75 Å². The van der Waals surface area contributed by atoms with Gasteiger partial charge in [0, 0.05) is 40.2 Å². The van der Waals surface area contributed by atoms with E-state index in [1.165, 1.54) is 0 Å². The van der Waals surface area contributed by atoms with Crippen LogP contribution < -0.4 is 10.1 Å². The van der Waals surface area contributed by atoms with Crippen molar-refractivity contribution in [2.75, 3.05) is 20.2 Å². The molecule has 0 bridgehead atoms. The average molecular weight is 407 g/mol. The molecule has 0 aromatic heterocycles. The van der Waals surface area contributed by atoms with Crippen LogP contribution >= 0.6 is 23.2 Å². The lowest BCUT2D eigenvalue weighted by molar-refractivity contribution is -0.126. The maximum Gasteiger partial charge on any atom is 0.223 e. The van der Waals surface area contributed by atoms with Crippen molar-refractivity contribution in [1.29, 1.82) is 0 Å². The molecule has 6 heteroatoms. The van der Waals surface area contributed by atoms with E-state index in [2.05, 4.69) is 10.2 Å². The first-order valence-corrected chi connectivity index (χ1v) is 9.89. The first-order chi connectivity index (χ1) is 13.1. The van der Waals surface area contributed by atoms with Gasteiger partial charge in [-0.2, -0.15) is 0 Å². The molecular formula is C21H24Cl2N2O2. The highest BCUT2D eigenvalue weighted by Gasteiger charge is 2.25. The van der Waals surface area contributed by atoms with E-state index in [9.17, 15) is 4.79 Å². The van der Waals surface area contributed by atoms with Gasteiger partial charge in [-0.25, -0.2) is 0 Å². The number of hydrogen-bond donors (Lipinski definition) is 1. The smallest absolute Gasteiger partial charge is 0.223 e. The molecule has 1 aliphatic rings. The van der Waals surface area contributed by atoms with Gasteiger partial charge < -0.3 is 10.1 Å². The maximum atomic E-state index is 12.5. The summed E-state index contributed by atoms with van der Waals surface area (Å²) in [4.78, 5) is 14.8. The fraction of sp³-hybridized carbons (Fsp3) is 0.381. The Labute approximate surface area is 170 Å². The third-order valence-corrected chi connectivity index (χ3v) is 5.76. The lowest BCUT2D eigenvalue weighted by Gasteiger charge is -2.31. The van der Waals surface area contributed by atoms with Gasteiger partial charge in [-0.3, -0.25) is 9.69 Å². The first-order valence-electron chi connectivity index (χ1n) is 9.13. The van der Waals surface area contributed by atoms with Gasteiger partial charge in [0.05, 0.1) is 7.11 Å². The van der Waals surface area contributed by atoms with E-state index >= 15 is 0 Å². The molecule has 1 saturated heterocycles. The molecule has 2 aromatic carbocycles. The third-order valence-electron chi connectivity index (χ3n) is 5.05. The minimum Gasteiger partial charge on any atom is -0.496 e. The summed E-state index contributed by atoms with van der Waals surface area (Å²) in [6.07, 6.45) is 1.67. The highest BCUT2D eigenvalue weighted by Crippen LogP contribution is 2.28. The summed E-state index contributed by atoms with van der Waals surface area (Å²) in [5.74, 6) is 0.943. The summed E-state index contributed by atoms with van der Waals surface area (Å²) in [6.45, 7) is 2.91. The normalized spacial score (nSPS) is 15.5. The summed E-state index contributed by atoms with van der Waals surface area (Å²) < 4.78 is 5.33. The summed E-state index contributed by atoms with van der Waals surface area (Å²) >= 11 is 12.5. The molecule has 0 atom stereocenters. The number of benzene rings is 2. The van der Waals surface area contributed by atoms with Crippen LogP contribution in [0.3, 0.4) is 0 Å². The van der Waals surface area contributed by atoms with Gasteiger partial charge in [0.1, 0.15) is 5.75 Å². The number of hydrogen-bond acceptors (Lipinski definition) is 3. The fourth-order valence-corrected chi connectivity index (χ4v) is 3.95. The zero-order chi connectivity index (χ0) is 19.2. The molecule has 0 saturated carbocycles. The Hall–Kier alpha value is -1.75. The van der Waals surface area contributed by atoms with E-state index in [1.807, 2.05) is 42.5 Å². The summed E-state index contributed by atoms with van der Waals surface area (Å²) in [5, 5.41) is 4.43. The number of para-hydroxylation sites is 1. The van der Waals surface area contributed by atoms with Gasteiger partial charge in [-0.15, -0.1) is 0 Å². The Bertz CT molecular complexity index is 769. The molecule has 1 aliphatic heterocycles. The average Bonchev–Trinajstić information content (AvgIpc) is 2.69. The first kappa shape index (κ1) is 20.0. The quantitative estimate of drug-likeness (QED) is 0.765. The minimum atomic E-state index is 0.0395. The largest absolute Gasteiger partial charge is 0.496 e. The number of amides is 1. The van der Waals surface area contributed by atoms with Gasteiger partial charge in [0.15, 0.2) is 0 Å². The molecule has 0 aliphatic carbocycles. The highest BCUT2D eigenvalue weighted by atomic mass is 35.5. The zero-order valence-electron chi connectivity index (χ0n) is 15.4. The second-order valence-electron chi connectivity index (χ2n) is 6.78. The van der Waals surface area contributed by atoms with Crippen LogP contribution in [0.15, 0.2) is 42.5 Å². The molecule has 144 valence electrons. The molecule has 3 rings (SSSR count). The van der Waals surface area contributed by atoms with E-state index in [0.717, 1.165) is 42.8 Å². The molecule has 0 radical (unpaired) electrons. The molecule has 0 unspecified atom stereocenters. The second-order valence-corrected chi connectivity index (χ2v) is 7.59. The number of carbonyl (C=O) groups excluding carboxylic acids is 1. The van der Waals surface area contributed by atoms with Gasteiger partial charge in [0.2, 0.25) is 5.91 Å². The third kappa shape index (κ3) is 5.16. The number of halogens is 2. The van der Waals surface area contributed by atoms with Crippen molar-refractivity contribution in [3.05, 3.63) is 63.6 Å². The van der Waals surface area contributed by atoms with Crippen LogP contribution in [0.25, 0.3) is 0 Å². The van der Waals surface area contributed by atoms with Crippen molar-refractivity contribution < 1.29 is 9.53 Å². The standard InChI is InChI=1S/C21H24Cl2N2O2/c1-27-20-8-3-2-5-16(20)13-24-21(26)15-9-11-25(12-10-15)14-17-18(22)6-4-7-19(17)23/h2-8,15H,9-14H2,1H3,(H,24,26). The van der Waals surface area contributed by atoms with Gasteiger partial charge in [-0.1, -0.05) is 47.5 Å². The number of carbonyl (C=O) groups is 1. The topological polar surface area (TPSA) is 41.6 Å². The molecular weight excluding hydrogens is 383 g/mol. The summed E-state index contributed by atoms with van der Waals surface area (Å²) in [7, 11) is 1.64. The summed E-state index contributed by atoms with van der Waals surface area (Å²) in [6, 6.07) is 13.3. The van der Waals surface area contributed by atoms with Crippen LogP contribution in [0.4, 0.5) is 0 Å². The molecule has 27 heavy (non-hydrogen) atoms. The Kier molecular flexibility index (Phi) is 7.00. The van der Waals surface area contributed by atoms with E-state index in [1.54, 1.807) is 7.11 Å². The molecule has 4 nitrogen and oxygen atoms in total. The van der Waals surface area contributed by atoms with Crippen molar-refractivity contribution in [2.24, 2.45) is 5.92 Å². The monoisotopic (exact) mass is 406 g/mol. The fourth-order valence-electron chi connectivity index (χ4n) is 3.44. The molecule has 1 amide bonds. The number of methoxy groups -OCH3 is 1. The summed E-state index contributed by atoms with van der Waals surface area (Å²) in [5.41, 5.74) is 1.94. The van der Waals surface area contributed by atoms with Crippen molar-refractivity contribution in [2.45, 2.75) is 25.9 Å². The van der Waals surface area contributed by atoms with Crippen LogP contribution in [0, 0.1) is 5.92 Å². The predicted molar refractivity (Wildman–Crippen MR) is 109 cm³/mol. The second kappa shape index (κ2) is 9.45. The lowest BCUT2D eigenvalue weighted by atomic mass is 9.95. The van der Waals surface area contributed by atoms with E-state index < -0.39 is 0 Å². The Morgan fingerprint density at radius 3 is 2.44 bits per heavy atom. The molecule has 2 aromatic rings. The number of rotatable bonds is 6. The number of likely N-dealkylation sites (tertiary alicyclic amines) is 1. The van der Waals surface area contributed by atoms with Crippen LogP contribution in [-0.4, -0.2) is 31.0 Å². The Balaban J connectivity index is 1.49. The van der Waals surface area contributed by atoms with Gasteiger partial charge >= 0.3 is 0 Å². The Morgan fingerprint density at radius 1 is 1.11 bits per heavy atom. The Morgan fingerprint density at radius 2 is 1.78 bits per heavy atom. The van der Waals surface area contributed by atoms with E-state index in [4.69, 9.17) is 27.9 Å². The SMILES string of the molecule is COc1ccccc1CNC(=O)C1CCN(Cc2c(Cl)cccc2Cl)CC1. The van der Waals surface area contributed by atoms with E-state index in [-0.39, 0.29) is 11.8 Å². The van der Waals surface area contributed by atoms with E-state index in [0.29, 0.717) is 23.1 Å². The van der Waals surface area contributed by atoms with Crippen LogP contribution in [0.1, 0.15) is 24.0 Å². The lowest BCUT2D eigenvalue weighted by Crippen LogP contribution is -2.40. The van der Waals surface area contributed by atoms with Crippen LogP contribution in [0.2, 0.25) is 10.0 Å². The zero-order valence-corrected chi connectivity index (χ0v) is 16.9. The van der Waals surface area contributed by atoms with Gasteiger partial charge in [-0.05, 0) is 44.1 Å². The number of ether oxygens (including phenoxy) is 1. The molecule has 1 fully saturated rings. The molecule has 1 heterocycles.